The topological polar surface area (TPSA) is 84.8 Å². The first-order valence-electron chi connectivity index (χ1n) is 13.1. The van der Waals surface area contributed by atoms with Crippen LogP contribution in [-0.4, -0.2) is 63.7 Å². The zero-order valence-corrected chi connectivity index (χ0v) is 21.3. The fourth-order valence-corrected chi connectivity index (χ4v) is 5.94. The van der Waals surface area contributed by atoms with Gasteiger partial charge in [0.25, 0.3) is 0 Å². The molecule has 4 atom stereocenters. The highest BCUT2D eigenvalue weighted by atomic mass is 16.7. The highest BCUT2D eigenvalue weighted by Gasteiger charge is 2.43. The van der Waals surface area contributed by atoms with Crippen molar-refractivity contribution in [3.05, 3.63) is 71.5 Å². The molecule has 0 spiro atoms. The van der Waals surface area contributed by atoms with E-state index in [0.29, 0.717) is 18.5 Å². The third-order valence-corrected chi connectivity index (χ3v) is 7.83. The second-order valence-corrected chi connectivity index (χ2v) is 10.5. The fourth-order valence-electron chi connectivity index (χ4n) is 5.94. The summed E-state index contributed by atoms with van der Waals surface area (Å²) in [5.41, 5.74) is 3.29. The lowest BCUT2D eigenvalue weighted by molar-refractivity contribution is -0.133. The zero-order chi connectivity index (χ0) is 25.2. The zero-order valence-electron chi connectivity index (χ0n) is 21.3. The monoisotopic (exact) mass is 502 g/mol. The Morgan fingerprint density at radius 1 is 1.11 bits per heavy atom. The smallest absolute Gasteiger partial charge is 0.231 e. The minimum Gasteiger partial charge on any atom is -0.454 e. The number of piperidine rings is 3. The molecule has 2 bridgehead atoms. The van der Waals surface area contributed by atoms with Crippen LogP contribution >= 0.6 is 0 Å². The van der Waals surface area contributed by atoms with Crippen LogP contribution in [0, 0.1) is 11.8 Å². The third kappa shape index (κ3) is 5.47. The minimum atomic E-state index is 0.0388. The first kappa shape index (κ1) is 23.9. The van der Waals surface area contributed by atoms with Gasteiger partial charge in [-0.15, -0.1) is 5.10 Å². The number of ether oxygens (including phenoxy) is 2. The molecule has 0 radical (unpaired) electrons. The van der Waals surface area contributed by atoms with E-state index >= 15 is 0 Å². The number of carbonyl (C=O) groups is 1. The van der Waals surface area contributed by atoms with Crippen molar-refractivity contribution < 1.29 is 14.3 Å². The Balaban J connectivity index is 0.993. The number of hydrogen-bond donors (Lipinski definition) is 1. The van der Waals surface area contributed by atoms with Gasteiger partial charge in [0, 0.05) is 38.4 Å². The predicted octanol–water partition coefficient (Wildman–Crippen LogP) is 2.67. The van der Waals surface area contributed by atoms with Gasteiger partial charge in [0.05, 0.1) is 18.2 Å². The first-order chi connectivity index (χ1) is 18.1. The normalized spacial score (nSPS) is 23.9. The SMILES string of the molecule is CN(Cc1ccccc1)Cc1cn(CC2CC3CCN2CC3C(=O)NCc2ccc3c(c2)OCO3)nn1. The fraction of sp³-hybridized carbons (Fsp3) is 0.464. The molecule has 2 aromatic carbocycles. The van der Waals surface area contributed by atoms with E-state index in [9.17, 15) is 4.79 Å². The van der Waals surface area contributed by atoms with Gasteiger partial charge in [-0.25, -0.2) is 0 Å². The number of nitrogens with zero attached hydrogens (tertiary/aromatic N) is 5. The van der Waals surface area contributed by atoms with E-state index in [2.05, 4.69) is 62.9 Å². The summed E-state index contributed by atoms with van der Waals surface area (Å²) in [4.78, 5) is 17.8. The van der Waals surface area contributed by atoms with E-state index in [1.54, 1.807) is 0 Å². The van der Waals surface area contributed by atoms with Crippen LogP contribution in [0.1, 0.15) is 29.7 Å². The molecule has 4 aliphatic rings. The van der Waals surface area contributed by atoms with Crippen molar-refractivity contribution >= 4 is 5.91 Å². The van der Waals surface area contributed by atoms with Gasteiger partial charge >= 0.3 is 0 Å². The molecule has 194 valence electrons. The third-order valence-electron chi connectivity index (χ3n) is 7.83. The maximum Gasteiger partial charge on any atom is 0.231 e. The Hall–Kier alpha value is -3.43. The van der Waals surface area contributed by atoms with Crippen molar-refractivity contribution in [2.24, 2.45) is 11.8 Å². The van der Waals surface area contributed by atoms with Crippen molar-refractivity contribution in [1.29, 1.82) is 0 Å². The number of fused-ring (bicyclic) bond motifs is 4. The van der Waals surface area contributed by atoms with Gasteiger partial charge in [0.1, 0.15) is 0 Å². The molecule has 3 aromatic rings. The molecule has 1 aromatic heterocycles. The van der Waals surface area contributed by atoms with E-state index in [0.717, 1.165) is 68.3 Å². The van der Waals surface area contributed by atoms with Crippen molar-refractivity contribution in [1.82, 2.24) is 30.1 Å². The number of hydrogen-bond acceptors (Lipinski definition) is 7. The first-order valence-corrected chi connectivity index (χ1v) is 13.1. The van der Waals surface area contributed by atoms with E-state index in [4.69, 9.17) is 9.47 Å². The molecule has 1 N–H and O–H groups in total. The average molecular weight is 503 g/mol. The van der Waals surface area contributed by atoms with Crippen molar-refractivity contribution in [3.63, 3.8) is 0 Å². The number of aromatic nitrogens is 3. The lowest BCUT2D eigenvalue weighted by Crippen LogP contribution is -2.58. The van der Waals surface area contributed by atoms with Crippen LogP contribution < -0.4 is 14.8 Å². The van der Waals surface area contributed by atoms with Crippen molar-refractivity contribution in [3.8, 4) is 11.5 Å². The average Bonchev–Trinajstić information content (AvgIpc) is 3.57. The number of amides is 1. The summed E-state index contributed by atoms with van der Waals surface area (Å²) in [6, 6.07) is 16.7. The number of benzene rings is 2. The van der Waals surface area contributed by atoms with Crippen LogP contribution in [0.25, 0.3) is 0 Å². The molecule has 9 heteroatoms. The molecule has 9 nitrogen and oxygen atoms in total. The summed E-state index contributed by atoms with van der Waals surface area (Å²) >= 11 is 0. The quantitative estimate of drug-likeness (QED) is 0.482. The van der Waals surface area contributed by atoms with Crippen LogP contribution in [-0.2, 0) is 31.0 Å². The maximum absolute atomic E-state index is 13.1. The second kappa shape index (κ2) is 10.5. The Morgan fingerprint density at radius 2 is 1.97 bits per heavy atom. The molecule has 5 heterocycles. The summed E-state index contributed by atoms with van der Waals surface area (Å²) in [7, 11) is 2.11. The summed E-state index contributed by atoms with van der Waals surface area (Å²) in [6.07, 6.45) is 4.16. The molecule has 7 rings (SSSR count). The van der Waals surface area contributed by atoms with Crippen molar-refractivity contribution in [2.45, 2.75) is 45.1 Å². The van der Waals surface area contributed by atoms with Gasteiger partial charge in [0.2, 0.25) is 12.7 Å². The van der Waals surface area contributed by atoms with Crippen LogP contribution in [0.2, 0.25) is 0 Å². The van der Waals surface area contributed by atoms with Crippen LogP contribution in [0.3, 0.4) is 0 Å². The molecule has 37 heavy (non-hydrogen) atoms. The Kier molecular flexibility index (Phi) is 6.80. The maximum atomic E-state index is 13.1. The molecule has 3 saturated heterocycles. The van der Waals surface area contributed by atoms with Gasteiger partial charge < -0.3 is 14.8 Å². The summed E-state index contributed by atoms with van der Waals surface area (Å²) in [6.45, 7) is 5.07. The molecule has 0 aliphatic carbocycles. The molecule has 0 saturated carbocycles. The largest absolute Gasteiger partial charge is 0.454 e. The lowest BCUT2D eigenvalue weighted by Gasteiger charge is -2.49. The van der Waals surface area contributed by atoms with Gasteiger partial charge in [-0.2, -0.15) is 0 Å². The molecule has 4 aliphatic heterocycles. The predicted molar refractivity (Wildman–Crippen MR) is 138 cm³/mol. The standard InChI is InChI=1S/C28H34N6O3/c1-32(14-20-5-3-2-4-6-20)15-23-16-34(31-30-23)17-24-12-22-9-10-33(24)18-25(22)28(35)29-13-21-7-8-26-27(11-21)37-19-36-26/h2-8,11,16,22,24-25H,9-10,12-15,17-19H2,1H3,(H,29,35). The van der Waals surface area contributed by atoms with Gasteiger partial charge in [0.15, 0.2) is 11.5 Å². The van der Waals surface area contributed by atoms with Gasteiger partial charge in [-0.1, -0.05) is 41.6 Å². The van der Waals surface area contributed by atoms with Crippen LogP contribution in [0.15, 0.2) is 54.7 Å². The summed E-state index contributed by atoms with van der Waals surface area (Å²) in [5, 5.41) is 12.0. The number of carbonyl (C=O) groups excluding carboxylic acids is 1. The Bertz CT molecular complexity index is 1230. The van der Waals surface area contributed by atoms with E-state index in [1.807, 2.05) is 28.9 Å². The van der Waals surface area contributed by atoms with E-state index in [1.165, 1.54) is 5.56 Å². The second-order valence-electron chi connectivity index (χ2n) is 10.5. The van der Waals surface area contributed by atoms with Gasteiger partial charge in [-0.05, 0) is 55.6 Å². The molecular formula is C28H34N6O3. The van der Waals surface area contributed by atoms with Crippen molar-refractivity contribution in [2.75, 3.05) is 26.9 Å². The molecule has 4 unspecified atom stereocenters. The lowest BCUT2D eigenvalue weighted by atomic mass is 9.75. The molecule has 3 fully saturated rings. The number of nitrogens with one attached hydrogen (secondary N) is 1. The highest BCUT2D eigenvalue weighted by Crippen LogP contribution is 2.37. The minimum absolute atomic E-state index is 0.0388. The highest BCUT2D eigenvalue weighted by molar-refractivity contribution is 5.79. The molecular weight excluding hydrogens is 468 g/mol. The van der Waals surface area contributed by atoms with Gasteiger partial charge in [-0.3, -0.25) is 19.3 Å². The number of rotatable bonds is 9. The van der Waals surface area contributed by atoms with E-state index < -0.39 is 0 Å². The Morgan fingerprint density at radius 3 is 2.81 bits per heavy atom. The van der Waals surface area contributed by atoms with Crippen LogP contribution in [0.5, 0.6) is 11.5 Å². The summed E-state index contributed by atoms with van der Waals surface area (Å²) < 4.78 is 12.8. The molecule has 1 amide bonds. The Labute approximate surface area is 217 Å². The van der Waals surface area contributed by atoms with E-state index in [-0.39, 0.29) is 18.6 Å². The van der Waals surface area contributed by atoms with Crippen LogP contribution in [0.4, 0.5) is 0 Å². The summed E-state index contributed by atoms with van der Waals surface area (Å²) in [5.74, 6) is 2.10.